The summed E-state index contributed by atoms with van der Waals surface area (Å²) in [6.07, 6.45) is 0.414. The van der Waals surface area contributed by atoms with E-state index in [1.807, 2.05) is 0 Å². The summed E-state index contributed by atoms with van der Waals surface area (Å²) in [5, 5.41) is 0.347. The summed E-state index contributed by atoms with van der Waals surface area (Å²) in [6, 6.07) is 0. The molecule has 0 spiro atoms. The predicted molar refractivity (Wildman–Crippen MR) is 47.0 cm³/mol. The Labute approximate surface area is 70.6 Å². The lowest BCUT2D eigenvalue weighted by atomic mass is 10.3. The summed E-state index contributed by atoms with van der Waals surface area (Å²) in [5.74, 6) is 0. The van der Waals surface area contributed by atoms with Crippen molar-refractivity contribution in [3.63, 3.8) is 0 Å². The first-order valence-electron chi connectivity index (χ1n) is 4.08. The van der Waals surface area contributed by atoms with Gasteiger partial charge in [0.1, 0.15) is 6.10 Å². The molecule has 1 atom stereocenters. The Bertz CT molecular complexity index is 127. The monoisotopic (exact) mass is 173 g/mol. The van der Waals surface area contributed by atoms with Gasteiger partial charge >= 0.3 is 0 Å². The van der Waals surface area contributed by atoms with Crippen LogP contribution >= 0.6 is 0 Å². The van der Waals surface area contributed by atoms with Gasteiger partial charge in [0, 0.05) is 0 Å². The highest BCUT2D eigenvalue weighted by Crippen LogP contribution is 2.27. The van der Waals surface area contributed by atoms with Crippen molar-refractivity contribution in [3.8, 4) is 0 Å². The fourth-order valence-electron chi connectivity index (χ4n) is 0.599. The molecular formula is C8H17O2Si. The van der Waals surface area contributed by atoms with Crippen LogP contribution < -0.4 is 0 Å². The zero-order valence-electron chi connectivity index (χ0n) is 7.81. The van der Waals surface area contributed by atoms with E-state index in [2.05, 4.69) is 27.3 Å². The molecule has 0 amide bonds. The van der Waals surface area contributed by atoms with Gasteiger partial charge in [-0.2, -0.15) is 0 Å². The van der Waals surface area contributed by atoms with E-state index in [4.69, 9.17) is 9.16 Å². The zero-order chi connectivity index (χ0) is 8.48. The molecule has 0 saturated carbocycles. The lowest BCUT2D eigenvalue weighted by molar-refractivity contribution is 0.255. The second-order valence-electron chi connectivity index (χ2n) is 4.07. The topological polar surface area (TPSA) is 21.8 Å². The third kappa shape index (κ3) is 3.36. The number of hydrogen-bond donors (Lipinski definition) is 0. The van der Waals surface area contributed by atoms with Crippen LogP contribution in [0.3, 0.4) is 0 Å². The number of hydrogen-bond acceptors (Lipinski definition) is 2. The van der Waals surface area contributed by atoms with Crippen LogP contribution in [-0.2, 0) is 9.16 Å². The van der Waals surface area contributed by atoms with Crippen molar-refractivity contribution >= 4 is 9.04 Å². The van der Waals surface area contributed by atoms with E-state index >= 15 is 0 Å². The molecule has 1 unspecified atom stereocenters. The van der Waals surface area contributed by atoms with Gasteiger partial charge in [-0.15, -0.1) is 0 Å². The maximum Gasteiger partial charge on any atom is 0.213 e. The van der Waals surface area contributed by atoms with Gasteiger partial charge in [-0.3, -0.25) is 0 Å². The molecule has 0 N–H and O–H groups in total. The highest BCUT2D eigenvalue weighted by Gasteiger charge is 2.28. The van der Waals surface area contributed by atoms with Crippen molar-refractivity contribution in [2.24, 2.45) is 0 Å². The lowest BCUT2D eigenvalue weighted by Gasteiger charge is -2.24. The smallest absolute Gasteiger partial charge is 0.213 e. The van der Waals surface area contributed by atoms with Crippen LogP contribution in [-0.4, -0.2) is 28.4 Å². The summed E-state index contributed by atoms with van der Waals surface area (Å²) < 4.78 is 10.8. The maximum absolute atomic E-state index is 5.71. The van der Waals surface area contributed by atoms with Gasteiger partial charge in [0.15, 0.2) is 0 Å². The van der Waals surface area contributed by atoms with E-state index in [1.165, 1.54) is 0 Å². The minimum atomic E-state index is -0.640. The van der Waals surface area contributed by atoms with Crippen molar-refractivity contribution in [2.75, 3.05) is 13.2 Å². The van der Waals surface area contributed by atoms with Gasteiger partial charge in [0.05, 0.1) is 13.2 Å². The van der Waals surface area contributed by atoms with Crippen LogP contribution in [0, 0.1) is 0 Å². The van der Waals surface area contributed by atoms with Crippen molar-refractivity contribution in [1.29, 1.82) is 0 Å². The Hall–Kier alpha value is 0.137. The second-order valence-corrected chi connectivity index (χ2v) is 6.97. The van der Waals surface area contributed by atoms with Crippen LogP contribution in [0.15, 0.2) is 0 Å². The van der Waals surface area contributed by atoms with Crippen molar-refractivity contribution in [2.45, 2.75) is 38.5 Å². The van der Waals surface area contributed by atoms with Crippen molar-refractivity contribution < 1.29 is 9.16 Å². The molecular weight excluding hydrogens is 156 g/mol. The molecule has 0 aromatic rings. The lowest BCUT2D eigenvalue weighted by Crippen LogP contribution is -2.27. The molecule has 65 valence electrons. The van der Waals surface area contributed by atoms with Crippen LogP contribution in [0.1, 0.15) is 20.8 Å². The van der Waals surface area contributed by atoms with E-state index in [0.29, 0.717) is 11.1 Å². The maximum atomic E-state index is 5.71. The molecule has 0 aromatic heterocycles. The standard InChI is InChI=1S/C8H17O2Si/c1-8(2,3)11(4)10-6-7-5-9-7/h7H,5-6H2,1-4H3. The SMILES string of the molecule is C[Si](OCC1CO1)C(C)(C)C. The van der Waals surface area contributed by atoms with E-state index in [1.54, 1.807) is 0 Å². The Morgan fingerprint density at radius 1 is 1.55 bits per heavy atom. The van der Waals surface area contributed by atoms with Gasteiger partial charge in [-0.05, 0) is 11.6 Å². The van der Waals surface area contributed by atoms with Crippen LogP contribution in [0.2, 0.25) is 11.6 Å². The fourth-order valence-corrected chi connectivity index (χ4v) is 1.47. The molecule has 1 saturated heterocycles. The Morgan fingerprint density at radius 2 is 2.09 bits per heavy atom. The summed E-state index contributed by atoms with van der Waals surface area (Å²) in [6.45, 7) is 10.6. The van der Waals surface area contributed by atoms with Crippen LogP contribution in [0.5, 0.6) is 0 Å². The molecule has 0 aliphatic carbocycles. The van der Waals surface area contributed by atoms with Crippen LogP contribution in [0.4, 0.5) is 0 Å². The molecule has 1 aliphatic rings. The van der Waals surface area contributed by atoms with Gasteiger partial charge in [0.25, 0.3) is 0 Å². The normalized spacial score (nSPS) is 24.3. The summed E-state index contributed by atoms with van der Waals surface area (Å²) in [7, 11) is -0.640. The molecule has 1 fully saturated rings. The summed E-state index contributed by atoms with van der Waals surface area (Å²) in [5.41, 5.74) is 0. The molecule has 1 rings (SSSR count). The molecule has 1 heterocycles. The average molecular weight is 173 g/mol. The third-order valence-corrected chi connectivity index (χ3v) is 4.66. The molecule has 0 bridgehead atoms. The zero-order valence-corrected chi connectivity index (χ0v) is 8.81. The van der Waals surface area contributed by atoms with Gasteiger partial charge in [-0.1, -0.05) is 20.8 Å². The predicted octanol–water partition coefficient (Wildman–Crippen LogP) is 1.82. The van der Waals surface area contributed by atoms with Crippen molar-refractivity contribution in [1.82, 2.24) is 0 Å². The fraction of sp³-hybridized carbons (Fsp3) is 1.00. The molecule has 1 radical (unpaired) electrons. The van der Waals surface area contributed by atoms with E-state index in [9.17, 15) is 0 Å². The highest BCUT2D eigenvalue weighted by molar-refractivity contribution is 6.53. The van der Waals surface area contributed by atoms with Crippen molar-refractivity contribution in [3.05, 3.63) is 0 Å². The molecule has 1 aliphatic heterocycles. The second kappa shape index (κ2) is 3.25. The molecule has 3 heteroatoms. The highest BCUT2D eigenvalue weighted by atomic mass is 28.3. The summed E-state index contributed by atoms with van der Waals surface area (Å²) in [4.78, 5) is 0. The number of rotatable bonds is 3. The van der Waals surface area contributed by atoms with Gasteiger partial charge < -0.3 is 9.16 Å². The first-order chi connectivity index (χ1) is 5.00. The van der Waals surface area contributed by atoms with E-state index in [-0.39, 0.29) is 0 Å². The average Bonchev–Trinajstić information content (AvgIpc) is 2.62. The Kier molecular flexibility index (Phi) is 2.73. The third-order valence-electron chi connectivity index (χ3n) is 1.94. The Balaban J connectivity index is 2.13. The molecule has 0 aromatic carbocycles. The molecule has 11 heavy (non-hydrogen) atoms. The van der Waals surface area contributed by atoms with E-state index < -0.39 is 9.04 Å². The van der Waals surface area contributed by atoms with Crippen LogP contribution in [0.25, 0.3) is 0 Å². The number of epoxide rings is 1. The first-order valence-corrected chi connectivity index (χ1v) is 5.99. The van der Waals surface area contributed by atoms with Gasteiger partial charge in [0.2, 0.25) is 9.04 Å². The number of ether oxygens (including phenoxy) is 1. The molecule has 2 nitrogen and oxygen atoms in total. The minimum absolute atomic E-state index is 0.347. The minimum Gasteiger partial charge on any atom is -0.414 e. The van der Waals surface area contributed by atoms with Gasteiger partial charge in [-0.25, -0.2) is 0 Å². The summed E-state index contributed by atoms with van der Waals surface area (Å²) >= 11 is 0. The largest absolute Gasteiger partial charge is 0.414 e. The Morgan fingerprint density at radius 3 is 2.45 bits per heavy atom. The quantitative estimate of drug-likeness (QED) is 0.480. The first kappa shape index (κ1) is 9.23. The van der Waals surface area contributed by atoms with E-state index in [0.717, 1.165) is 13.2 Å².